The zero-order valence-electron chi connectivity index (χ0n) is 13.8. The number of amides is 1. The fourth-order valence-corrected chi connectivity index (χ4v) is 3.19. The average molecular weight is 324 g/mol. The number of rotatable bonds is 5. The number of likely N-dealkylation sites (tertiary alicyclic amines) is 1. The summed E-state index contributed by atoms with van der Waals surface area (Å²) >= 11 is 0. The molecule has 0 bridgehead atoms. The lowest BCUT2D eigenvalue weighted by molar-refractivity contribution is 0.102. The second kappa shape index (κ2) is 8.08. The van der Waals surface area contributed by atoms with E-state index in [2.05, 4.69) is 10.2 Å². The summed E-state index contributed by atoms with van der Waals surface area (Å²) in [5, 5.41) is 12.2. The zero-order valence-corrected chi connectivity index (χ0v) is 13.8. The molecule has 1 amide bonds. The van der Waals surface area contributed by atoms with Crippen LogP contribution in [-0.2, 0) is 6.54 Å². The Labute approximate surface area is 143 Å². The van der Waals surface area contributed by atoms with Crippen molar-refractivity contribution >= 4 is 11.6 Å². The summed E-state index contributed by atoms with van der Waals surface area (Å²) in [5.41, 5.74) is 2.66. The fourth-order valence-electron chi connectivity index (χ4n) is 3.19. The van der Waals surface area contributed by atoms with Crippen LogP contribution in [-0.4, -0.2) is 35.6 Å². The van der Waals surface area contributed by atoms with Crippen molar-refractivity contribution in [3.05, 3.63) is 65.7 Å². The van der Waals surface area contributed by atoms with E-state index in [0.717, 1.165) is 38.2 Å². The van der Waals surface area contributed by atoms with Crippen LogP contribution in [0, 0.1) is 5.92 Å². The van der Waals surface area contributed by atoms with Gasteiger partial charge < -0.3 is 10.4 Å². The third kappa shape index (κ3) is 4.43. The Hall–Kier alpha value is -2.17. The summed E-state index contributed by atoms with van der Waals surface area (Å²) in [6, 6.07) is 17.3. The molecule has 4 heteroatoms. The molecule has 4 nitrogen and oxygen atoms in total. The summed E-state index contributed by atoms with van der Waals surface area (Å²) in [6.07, 6.45) is 2.26. The van der Waals surface area contributed by atoms with Gasteiger partial charge in [-0.1, -0.05) is 30.3 Å². The molecular weight excluding hydrogens is 300 g/mol. The smallest absolute Gasteiger partial charge is 0.255 e. The Kier molecular flexibility index (Phi) is 5.62. The van der Waals surface area contributed by atoms with Crippen LogP contribution >= 0.6 is 0 Å². The first-order chi connectivity index (χ1) is 11.7. The molecule has 1 fully saturated rings. The molecule has 1 aliphatic heterocycles. The van der Waals surface area contributed by atoms with E-state index in [1.807, 2.05) is 54.6 Å². The molecule has 0 radical (unpaired) electrons. The van der Waals surface area contributed by atoms with Gasteiger partial charge in [-0.05, 0) is 55.1 Å². The van der Waals surface area contributed by atoms with Gasteiger partial charge in [0.1, 0.15) is 0 Å². The van der Waals surface area contributed by atoms with Gasteiger partial charge >= 0.3 is 0 Å². The van der Waals surface area contributed by atoms with Gasteiger partial charge in [0.2, 0.25) is 0 Å². The number of piperidine rings is 1. The lowest BCUT2D eigenvalue weighted by Gasteiger charge is -2.31. The van der Waals surface area contributed by atoms with Crippen LogP contribution < -0.4 is 5.32 Å². The molecule has 24 heavy (non-hydrogen) atoms. The number of carbonyl (C=O) groups excluding carboxylic acids is 1. The molecule has 1 heterocycles. The van der Waals surface area contributed by atoms with Gasteiger partial charge in [0, 0.05) is 30.9 Å². The fraction of sp³-hybridized carbons (Fsp3) is 0.350. The van der Waals surface area contributed by atoms with Crippen LogP contribution in [0.5, 0.6) is 0 Å². The topological polar surface area (TPSA) is 52.6 Å². The average Bonchev–Trinajstić information content (AvgIpc) is 2.63. The van der Waals surface area contributed by atoms with E-state index in [1.54, 1.807) is 0 Å². The molecule has 0 aromatic heterocycles. The number of aliphatic hydroxyl groups is 1. The number of benzene rings is 2. The molecule has 1 saturated heterocycles. The predicted molar refractivity (Wildman–Crippen MR) is 95.9 cm³/mol. The van der Waals surface area contributed by atoms with Crippen molar-refractivity contribution in [2.75, 3.05) is 25.0 Å². The SMILES string of the molecule is O=C(Nc1ccccc1)c1ccc(CN2CCCC(CO)C2)cc1. The summed E-state index contributed by atoms with van der Waals surface area (Å²) in [6.45, 7) is 3.17. The van der Waals surface area contributed by atoms with Crippen molar-refractivity contribution in [1.29, 1.82) is 0 Å². The Morgan fingerprint density at radius 1 is 1.12 bits per heavy atom. The van der Waals surface area contributed by atoms with E-state index in [0.29, 0.717) is 11.5 Å². The van der Waals surface area contributed by atoms with E-state index >= 15 is 0 Å². The molecule has 2 N–H and O–H groups in total. The highest BCUT2D eigenvalue weighted by Gasteiger charge is 2.19. The number of hydrogen-bond donors (Lipinski definition) is 2. The Morgan fingerprint density at radius 3 is 2.58 bits per heavy atom. The molecule has 2 aromatic rings. The number of anilines is 1. The van der Waals surface area contributed by atoms with Crippen molar-refractivity contribution in [2.45, 2.75) is 19.4 Å². The van der Waals surface area contributed by atoms with E-state index in [1.165, 1.54) is 5.56 Å². The first-order valence-electron chi connectivity index (χ1n) is 8.53. The number of carbonyl (C=O) groups is 1. The molecule has 1 aliphatic rings. The summed E-state index contributed by atoms with van der Waals surface area (Å²) in [4.78, 5) is 14.6. The minimum absolute atomic E-state index is 0.0916. The maximum absolute atomic E-state index is 12.2. The van der Waals surface area contributed by atoms with Crippen LogP contribution in [0.3, 0.4) is 0 Å². The van der Waals surface area contributed by atoms with Gasteiger partial charge in [0.25, 0.3) is 5.91 Å². The van der Waals surface area contributed by atoms with Gasteiger partial charge in [0.15, 0.2) is 0 Å². The molecule has 3 rings (SSSR count). The van der Waals surface area contributed by atoms with Crippen LogP contribution in [0.1, 0.15) is 28.8 Å². The van der Waals surface area contributed by atoms with Crippen LogP contribution in [0.25, 0.3) is 0 Å². The minimum atomic E-state index is -0.0916. The highest BCUT2D eigenvalue weighted by Crippen LogP contribution is 2.18. The van der Waals surface area contributed by atoms with Crippen LogP contribution in [0.2, 0.25) is 0 Å². The van der Waals surface area contributed by atoms with Gasteiger partial charge in [-0.15, -0.1) is 0 Å². The monoisotopic (exact) mass is 324 g/mol. The molecule has 126 valence electrons. The summed E-state index contributed by atoms with van der Waals surface area (Å²) < 4.78 is 0. The Morgan fingerprint density at radius 2 is 1.88 bits per heavy atom. The second-order valence-electron chi connectivity index (χ2n) is 6.44. The third-order valence-corrected chi connectivity index (χ3v) is 4.52. The first kappa shape index (κ1) is 16.7. The van der Waals surface area contributed by atoms with Crippen molar-refractivity contribution < 1.29 is 9.90 Å². The molecule has 1 unspecified atom stereocenters. The van der Waals surface area contributed by atoms with Crippen LogP contribution in [0.15, 0.2) is 54.6 Å². The predicted octanol–water partition coefficient (Wildman–Crippen LogP) is 3.14. The highest BCUT2D eigenvalue weighted by molar-refractivity contribution is 6.04. The van der Waals surface area contributed by atoms with Crippen molar-refractivity contribution in [3.63, 3.8) is 0 Å². The minimum Gasteiger partial charge on any atom is -0.396 e. The molecule has 2 aromatic carbocycles. The van der Waals surface area contributed by atoms with Gasteiger partial charge in [-0.3, -0.25) is 9.69 Å². The van der Waals surface area contributed by atoms with Crippen molar-refractivity contribution in [1.82, 2.24) is 4.90 Å². The van der Waals surface area contributed by atoms with Crippen molar-refractivity contribution in [3.8, 4) is 0 Å². The summed E-state index contributed by atoms with van der Waals surface area (Å²) in [7, 11) is 0. The van der Waals surface area contributed by atoms with E-state index < -0.39 is 0 Å². The maximum atomic E-state index is 12.2. The molecular formula is C20H24N2O2. The Balaban J connectivity index is 1.58. The first-order valence-corrected chi connectivity index (χ1v) is 8.53. The molecule has 0 spiro atoms. The van der Waals surface area contributed by atoms with Gasteiger partial charge in [-0.2, -0.15) is 0 Å². The lowest BCUT2D eigenvalue weighted by atomic mass is 9.98. The van der Waals surface area contributed by atoms with Crippen LogP contribution in [0.4, 0.5) is 5.69 Å². The standard InChI is InChI=1S/C20H24N2O2/c23-15-17-5-4-12-22(14-17)13-16-8-10-18(11-9-16)20(24)21-19-6-2-1-3-7-19/h1-3,6-11,17,23H,4-5,12-15H2,(H,21,24). The third-order valence-electron chi connectivity index (χ3n) is 4.52. The number of para-hydroxylation sites is 1. The second-order valence-corrected chi connectivity index (χ2v) is 6.44. The number of aliphatic hydroxyl groups excluding tert-OH is 1. The van der Waals surface area contributed by atoms with Gasteiger partial charge in [-0.25, -0.2) is 0 Å². The maximum Gasteiger partial charge on any atom is 0.255 e. The zero-order chi connectivity index (χ0) is 16.8. The number of nitrogens with one attached hydrogen (secondary N) is 1. The Bertz CT molecular complexity index is 655. The highest BCUT2D eigenvalue weighted by atomic mass is 16.3. The molecule has 1 atom stereocenters. The quantitative estimate of drug-likeness (QED) is 0.888. The largest absolute Gasteiger partial charge is 0.396 e. The van der Waals surface area contributed by atoms with Crippen molar-refractivity contribution in [2.24, 2.45) is 5.92 Å². The summed E-state index contributed by atoms with van der Waals surface area (Å²) in [5.74, 6) is 0.306. The van der Waals surface area contributed by atoms with E-state index in [9.17, 15) is 9.90 Å². The lowest BCUT2D eigenvalue weighted by Crippen LogP contribution is -2.36. The van der Waals surface area contributed by atoms with Gasteiger partial charge in [0.05, 0.1) is 0 Å². The molecule has 0 aliphatic carbocycles. The number of nitrogens with zero attached hydrogens (tertiary/aromatic N) is 1. The van der Waals surface area contributed by atoms with E-state index in [4.69, 9.17) is 0 Å². The molecule has 0 saturated carbocycles. The number of hydrogen-bond acceptors (Lipinski definition) is 3. The normalized spacial score (nSPS) is 18.3. The van der Waals surface area contributed by atoms with E-state index in [-0.39, 0.29) is 12.5 Å².